The number of imidazole rings is 1. The zero-order valence-corrected chi connectivity index (χ0v) is 16.5. The first-order valence-corrected chi connectivity index (χ1v) is 10.8. The SMILES string of the molecule is C[C@H]1CN(S(=O)(=O)CCCO)CC[C@H]1c1[nH]c(-c2ccc(F)cn2)nc1Cl. The van der Waals surface area contributed by atoms with Gasteiger partial charge in [-0.25, -0.2) is 27.1 Å². The third-order valence-corrected chi connectivity index (χ3v) is 7.06. The predicted molar refractivity (Wildman–Crippen MR) is 100 cm³/mol. The maximum atomic E-state index is 13.1. The number of sulfonamides is 1. The number of hydrogen-bond donors (Lipinski definition) is 2. The lowest BCUT2D eigenvalue weighted by atomic mass is 9.86. The van der Waals surface area contributed by atoms with Crippen LogP contribution >= 0.6 is 11.6 Å². The molecule has 0 aromatic carbocycles. The molecule has 1 saturated heterocycles. The Hall–Kier alpha value is -1.55. The first-order valence-electron chi connectivity index (χ1n) is 8.78. The van der Waals surface area contributed by atoms with Gasteiger partial charge in [0.1, 0.15) is 11.5 Å². The van der Waals surface area contributed by atoms with Crippen molar-refractivity contribution in [1.82, 2.24) is 19.3 Å². The molecule has 2 atom stereocenters. The number of H-pyrrole nitrogens is 1. The second-order valence-corrected chi connectivity index (χ2v) is 9.22. The smallest absolute Gasteiger partial charge is 0.214 e. The molecule has 1 aliphatic heterocycles. The van der Waals surface area contributed by atoms with Crippen LogP contribution in [0.4, 0.5) is 4.39 Å². The highest BCUT2D eigenvalue weighted by molar-refractivity contribution is 7.89. The van der Waals surface area contributed by atoms with Crippen LogP contribution < -0.4 is 0 Å². The molecule has 0 amide bonds. The first-order chi connectivity index (χ1) is 12.8. The lowest BCUT2D eigenvalue weighted by Gasteiger charge is -2.35. The van der Waals surface area contributed by atoms with Gasteiger partial charge in [0, 0.05) is 25.6 Å². The first kappa shape index (κ1) is 20.2. The minimum atomic E-state index is -3.37. The Morgan fingerprint density at radius 2 is 2.22 bits per heavy atom. The molecule has 2 aromatic heterocycles. The second-order valence-electron chi connectivity index (χ2n) is 6.78. The van der Waals surface area contributed by atoms with Crippen molar-refractivity contribution in [3.8, 4) is 11.5 Å². The standard InChI is InChI=1S/C17H22ClFN4O3S/c1-11-10-23(27(25,26)8-2-7-24)6-5-13(11)15-16(18)22-17(21-15)14-4-3-12(19)9-20-14/h3-4,9,11,13,24H,2,5-8,10H2,1H3,(H,21,22)/t11-,13+/m0/s1. The molecule has 3 rings (SSSR count). The van der Waals surface area contributed by atoms with Crippen LogP contribution in [-0.4, -0.2) is 58.2 Å². The number of aromatic nitrogens is 3. The van der Waals surface area contributed by atoms with Crippen molar-refractivity contribution in [3.63, 3.8) is 0 Å². The summed E-state index contributed by atoms with van der Waals surface area (Å²) in [6, 6.07) is 2.82. The molecule has 0 unspecified atom stereocenters. The summed E-state index contributed by atoms with van der Waals surface area (Å²) in [5, 5.41) is 9.20. The number of aliphatic hydroxyl groups excluding tert-OH is 1. The molecule has 148 valence electrons. The number of halogens is 2. The van der Waals surface area contributed by atoms with E-state index in [1.54, 1.807) is 0 Å². The van der Waals surface area contributed by atoms with E-state index in [1.165, 1.54) is 16.4 Å². The topological polar surface area (TPSA) is 99.2 Å². The number of nitrogens with one attached hydrogen (secondary N) is 1. The van der Waals surface area contributed by atoms with E-state index in [-0.39, 0.29) is 30.6 Å². The van der Waals surface area contributed by atoms with Gasteiger partial charge in [0.15, 0.2) is 11.0 Å². The quantitative estimate of drug-likeness (QED) is 0.753. The van der Waals surface area contributed by atoms with Crippen molar-refractivity contribution in [1.29, 1.82) is 0 Å². The zero-order valence-electron chi connectivity index (χ0n) is 14.9. The van der Waals surface area contributed by atoms with Crippen molar-refractivity contribution in [3.05, 3.63) is 35.0 Å². The Morgan fingerprint density at radius 1 is 1.44 bits per heavy atom. The Morgan fingerprint density at radius 3 is 2.85 bits per heavy atom. The van der Waals surface area contributed by atoms with Crippen LogP contribution in [0.25, 0.3) is 11.5 Å². The van der Waals surface area contributed by atoms with E-state index in [4.69, 9.17) is 16.7 Å². The van der Waals surface area contributed by atoms with Crippen LogP contribution in [-0.2, 0) is 10.0 Å². The lowest BCUT2D eigenvalue weighted by Crippen LogP contribution is -2.43. The van der Waals surface area contributed by atoms with Crippen LogP contribution in [0.15, 0.2) is 18.3 Å². The highest BCUT2D eigenvalue weighted by Crippen LogP contribution is 2.37. The second kappa shape index (κ2) is 8.22. The van der Waals surface area contributed by atoms with Crippen molar-refractivity contribution >= 4 is 21.6 Å². The Kier molecular flexibility index (Phi) is 6.15. The third kappa shape index (κ3) is 4.48. The van der Waals surface area contributed by atoms with Crippen LogP contribution in [0.2, 0.25) is 5.15 Å². The van der Waals surface area contributed by atoms with E-state index in [1.807, 2.05) is 6.92 Å². The van der Waals surface area contributed by atoms with Gasteiger partial charge in [-0.05, 0) is 30.9 Å². The molecule has 1 fully saturated rings. The molecule has 1 aliphatic rings. The molecule has 0 spiro atoms. The van der Waals surface area contributed by atoms with E-state index in [2.05, 4.69) is 15.0 Å². The van der Waals surface area contributed by atoms with Gasteiger partial charge >= 0.3 is 0 Å². The van der Waals surface area contributed by atoms with Crippen LogP contribution in [0.3, 0.4) is 0 Å². The maximum absolute atomic E-state index is 13.1. The molecule has 0 aliphatic carbocycles. The monoisotopic (exact) mass is 416 g/mol. The maximum Gasteiger partial charge on any atom is 0.214 e. The van der Waals surface area contributed by atoms with Crippen LogP contribution in [0.1, 0.15) is 31.4 Å². The third-order valence-electron chi connectivity index (χ3n) is 4.85. The molecule has 2 aromatic rings. The minimum Gasteiger partial charge on any atom is -0.396 e. The highest BCUT2D eigenvalue weighted by atomic mass is 35.5. The summed E-state index contributed by atoms with van der Waals surface area (Å²) in [4.78, 5) is 11.5. The summed E-state index contributed by atoms with van der Waals surface area (Å²) in [6.45, 7) is 2.61. The lowest BCUT2D eigenvalue weighted by molar-refractivity contribution is 0.244. The number of nitrogens with zero attached hydrogens (tertiary/aromatic N) is 3. The summed E-state index contributed by atoms with van der Waals surface area (Å²) >= 11 is 6.32. The van der Waals surface area contributed by atoms with Crippen molar-refractivity contribution in [2.45, 2.75) is 25.7 Å². The number of pyridine rings is 1. The van der Waals surface area contributed by atoms with E-state index in [0.29, 0.717) is 36.2 Å². The van der Waals surface area contributed by atoms with Gasteiger partial charge in [0.05, 0.1) is 17.6 Å². The molecular weight excluding hydrogens is 395 g/mol. The van der Waals surface area contributed by atoms with Gasteiger partial charge in [0.25, 0.3) is 0 Å². The summed E-state index contributed by atoms with van der Waals surface area (Å²) < 4.78 is 39.2. The van der Waals surface area contributed by atoms with Gasteiger partial charge in [-0.3, -0.25) is 0 Å². The Bertz CT molecular complexity index is 888. The van der Waals surface area contributed by atoms with Crippen molar-refractivity contribution in [2.24, 2.45) is 5.92 Å². The largest absolute Gasteiger partial charge is 0.396 e. The van der Waals surface area contributed by atoms with Gasteiger partial charge in [-0.15, -0.1) is 0 Å². The number of aliphatic hydroxyl groups is 1. The molecule has 7 nitrogen and oxygen atoms in total. The Labute approximate surface area is 162 Å². The average Bonchev–Trinajstić information content (AvgIpc) is 3.02. The molecule has 10 heteroatoms. The number of piperidine rings is 1. The van der Waals surface area contributed by atoms with Crippen molar-refractivity contribution in [2.75, 3.05) is 25.4 Å². The molecule has 3 heterocycles. The molecule has 0 bridgehead atoms. The number of hydrogen-bond acceptors (Lipinski definition) is 5. The molecule has 2 N–H and O–H groups in total. The molecule has 0 saturated carbocycles. The number of aromatic amines is 1. The summed E-state index contributed by atoms with van der Waals surface area (Å²) in [6.07, 6.45) is 1.96. The van der Waals surface area contributed by atoms with E-state index >= 15 is 0 Å². The predicted octanol–water partition coefficient (Wildman–Crippen LogP) is 2.40. The van der Waals surface area contributed by atoms with Crippen LogP contribution in [0.5, 0.6) is 0 Å². The van der Waals surface area contributed by atoms with Gasteiger partial charge in [0.2, 0.25) is 10.0 Å². The van der Waals surface area contributed by atoms with Crippen molar-refractivity contribution < 1.29 is 17.9 Å². The zero-order chi connectivity index (χ0) is 19.6. The fourth-order valence-electron chi connectivity index (χ4n) is 3.41. The number of rotatable bonds is 6. The average molecular weight is 417 g/mol. The fraction of sp³-hybridized carbons (Fsp3) is 0.529. The summed E-state index contributed by atoms with van der Waals surface area (Å²) in [5.41, 5.74) is 1.24. The molecular formula is C17H22ClFN4O3S. The van der Waals surface area contributed by atoms with Crippen LogP contribution in [0, 0.1) is 11.7 Å². The van der Waals surface area contributed by atoms with Gasteiger partial charge in [-0.1, -0.05) is 18.5 Å². The highest BCUT2D eigenvalue weighted by Gasteiger charge is 2.35. The van der Waals surface area contributed by atoms with E-state index in [9.17, 15) is 12.8 Å². The summed E-state index contributed by atoms with van der Waals surface area (Å²) in [5.74, 6) is 0.0462. The fourth-order valence-corrected chi connectivity index (χ4v) is 5.28. The Balaban J connectivity index is 1.76. The molecule has 0 radical (unpaired) electrons. The normalized spacial score (nSPS) is 21.5. The van der Waals surface area contributed by atoms with E-state index < -0.39 is 15.8 Å². The summed E-state index contributed by atoms with van der Waals surface area (Å²) in [7, 11) is -3.37. The minimum absolute atomic E-state index is 0.0310. The van der Waals surface area contributed by atoms with E-state index in [0.717, 1.165) is 11.9 Å². The van der Waals surface area contributed by atoms with Gasteiger partial charge in [-0.2, -0.15) is 0 Å². The molecule has 27 heavy (non-hydrogen) atoms. The van der Waals surface area contributed by atoms with Gasteiger partial charge < -0.3 is 10.1 Å².